The smallest absolute Gasteiger partial charge is 0.124 e. The second-order valence-electron chi connectivity index (χ2n) is 6.98. The number of aromatic nitrogens is 1. The molecule has 0 saturated heterocycles. The van der Waals surface area contributed by atoms with Crippen molar-refractivity contribution in [3.05, 3.63) is 47.8 Å². The number of ether oxygens (including phenoxy) is 2. The van der Waals surface area contributed by atoms with E-state index in [1.807, 2.05) is 24.4 Å². The van der Waals surface area contributed by atoms with Gasteiger partial charge in [0.05, 0.1) is 14.2 Å². The molecule has 0 spiro atoms. The summed E-state index contributed by atoms with van der Waals surface area (Å²) < 4.78 is 10.7. The van der Waals surface area contributed by atoms with Crippen LogP contribution in [0.25, 0.3) is 0 Å². The van der Waals surface area contributed by atoms with E-state index in [1.165, 1.54) is 36.9 Å². The zero-order valence-corrected chi connectivity index (χ0v) is 14.3. The number of methoxy groups -OCH3 is 2. The van der Waals surface area contributed by atoms with Crippen LogP contribution < -0.4 is 14.8 Å². The first-order chi connectivity index (χ1) is 11.7. The van der Waals surface area contributed by atoms with Crippen LogP contribution in [0.15, 0.2) is 36.5 Å². The second kappa shape index (κ2) is 6.00. The summed E-state index contributed by atoms with van der Waals surface area (Å²) in [5.74, 6) is 2.32. The van der Waals surface area contributed by atoms with Crippen LogP contribution in [0.4, 0.5) is 5.69 Å². The van der Waals surface area contributed by atoms with E-state index in [-0.39, 0.29) is 5.41 Å². The molecule has 1 N–H and O–H groups in total. The molecule has 4 rings (SSSR count). The Morgan fingerprint density at radius 1 is 1.08 bits per heavy atom. The van der Waals surface area contributed by atoms with Crippen molar-refractivity contribution in [2.75, 3.05) is 26.1 Å². The van der Waals surface area contributed by atoms with Gasteiger partial charge < -0.3 is 14.8 Å². The van der Waals surface area contributed by atoms with Crippen molar-refractivity contribution in [1.82, 2.24) is 4.98 Å². The molecule has 0 radical (unpaired) electrons. The van der Waals surface area contributed by atoms with Gasteiger partial charge in [0, 0.05) is 53.7 Å². The van der Waals surface area contributed by atoms with Gasteiger partial charge in [0.15, 0.2) is 0 Å². The van der Waals surface area contributed by atoms with Gasteiger partial charge in [-0.25, -0.2) is 0 Å². The van der Waals surface area contributed by atoms with Gasteiger partial charge in [-0.3, -0.25) is 4.98 Å². The minimum absolute atomic E-state index is 0.253. The number of anilines is 1. The Hall–Kier alpha value is -2.23. The molecule has 2 aliphatic carbocycles. The molecule has 0 unspecified atom stereocenters. The number of rotatable bonds is 7. The number of hydrogen-bond acceptors (Lipinski definition) is 4. The van der Waals surface area contributed by atoms with Crippen molar-refractivity contribution < 1.29 is 9.47 Å². The van der Waals surface area contributed by atoms with Crippen LogP contribution in [-0.4, -0.2) is 25.7 Å². The van der Waals surface area contributed by atoms with Gasteiger partial charge in [0.25, 0.3) is 0 Å². The van der Waals surface area contributed by atoms with Gasteiger partial charge in [-0.2, -0.15) is 0 Å². The fourth-order valence-corrected chi connectivity index (χ4v) is 3.28. The monoisotopic (exact) mass is 324 g/mol. The summed E-state index contributed by atoms with van der Waals surface area (Å²) >= 11 is 0. The van der Waals surface area contributed by atoms with Crippen LogP contribution in [-0.2, 0) is 5.41 Å². The third kappa shape index (κ3) is 3.05. The maximum atomic E-state index is 5.35. The van der Waals surface area contributed by atoms with Crippen LogP contribution in [0.2, 0.25) is 0 Å². The van der Waals surface area contributed by atoms with E-state index in [0.717, 1.165) is 23.7 Å². The zero-order chi connectivity index (χ0) is 16.6. The lowest BCUT2D eigenvalue weighted by Crippen LogP contribution is -2.20. The van der Waals surface area contributed by atoms with Crippen LogP contribution in [0.5, 0.6) is 11.5 Å². The SMILES string of the molecule is COc1cc(NCC2(c3ccnc(C4CC4)c3)CC2)cc(OC)c1. The molecule has 2 fully saturated rings. The molecule has 2 aromatic rings. The Kier molecular flexibility index (Phi) is 3.83. The fourth-order valence-electron chi connectivity index (χ4n) is 3.28. The summed E-state index contributed by atoms with van der Waals surface area (Å²) in [6, 6.07) is 10.4. The number of benzene rings is 1. The molecule has 0 aliphatic heterocycles. The van der Waals surface area contributed by atoms with Crippen molar-refractivity contribution in [3.63, 3.8) is 0 Å². The van der Waals surface area contributed by atoms with Gasteiger partial charge in [-0.05, 0) is 43.4 Å². The Balaban J connectivity index is 1.50. The Morgan fingerprint density at radius 2 is 1.79 bits per heavy atom. The number of hydrogen-bond donors (Lipinski definition) is 1. The summed E-state index contributed by atoms with van der Waals surface area (Å²) in [4.78, 5) is 4.55. The zero-order valence-electron chi connectivity index (χ0n) is 14.3. The predicted octanol–water partition coefficient (Wildman–Crippen LogP) is 4.12. The van der Waals surface area contributed by atoms with Crippen molar-refractivity contribution in [2.24, 2.45) is 0 Å². The largest absolute Gasteiger partial charge is 0.497 e. The van der Waals surface area contributed by atoms with Gasteiger partial charge in [0.1, 0.15) is 11.5 Å². The van der Waals surface area contributed by atoms with Crippen molar-refractivity contribution in [3.8, 4) is 11.5 Å². The molecule has 2 saturated carbocycles. The summed E-state index contributed by atoms with van der Waals surface area (Å²) in [6.07, 6.45) is 7.04. The quantitative estimate of drug-likeness (QED) is 0.832. The van der Waals surface area contributed by atoms with E-state index in [4.69, 9.17) is 9.47 Å². The van der Waals surface area contributed by atoms with Crippen LogP contribution in [0, 0.1) is 0 Å². The molecule has 4 nitrogen and oxygen atoms in total. The maximum absolute atomic E-state index is 5.35. The molecule has 0 atom stereocenters. The lowest BCUT2D eigenvalue weighted by Gasteiger charge is -2.19. The average molecular weight is 324 g/mol. The lowest BCUT2D eigenvalue weighted by atomic mass is 9.95. The van der Waals surface area contributed by atoms with Gasteiger partial charge >= 0.3 is 0 Å². The summed E-state index contributed by atoms with van der Waals surface area (Å²) in [6.45, 7) is 0.928. The van der Waals surface area contributed by atoms with Gasteiger partial charge in [0.2, 0.25) is 0 Å². The van der Waals surface area contributed by atoms with Crippen molar-refractivity contribution in [1.29, 1.82) is 0 Å². The Labute approximate surface area is 143 Å². The minimum Gasteiger partial charge on any atom is -0.497 e. The molecule has 1 aromatic heterocycles. The van der Waals surface area contributed by atoms with E-state index in [0.29, 0.717) is 5.92 Å². The second-order valence-corrected chi connectivity index (χ2v) is 6.98. The average Bonchev–Trinajstić information content (AvgIpc) is 3.54. The number of nitrogens with one attached hydrogen (secondary N) is 1. The highest BCUT2D eigenvalue weighted by atomic mass is 16.5. The van der Waals surface area contributed by atoms with Gasteiger partial charge in [-0.1, -0.05) is 0 Å². The van der Waals surface area contributed by atoms with E-state index < -0.39 is 0 Å². The first kappa shape index (κ1) is 15.3. The highest BCUT2D eigenvalue weighted by molar-refractivity contribution is 5.54. The first-order valence-electron chi connectivity index (χ1n) is 8.66. The fraction of sp³-hybridized carbons (Fsp3) is 0.450. The topological polar surface area (TPSA) is 43.4 Å². The highest BCUT2D eigenvalue weighted by Gasteiger charge is 2.44. The van der Waals surface area contributed by atoms with Gasteiger partial charge in [-0.15, -0.1) is 0 Å². The molecule has 126 valence electrons. The molecular weight excluding hydrogens is 300 g/mol. The van der Waals surface area contributed by atoms with E-state index in [9.17, 15) is 0 Å². The van der Waals surface area contributed by atoms with Crippen molar-refractivity contribution >= 4 is 5.69 Å². The summed E-state index contributed by atoms with van der Waals surface area (Å²) in [5.41, 5.74) is 4.00. The molecule has 2 aliphatic rings. The molecule has 0 bridgehead atoms. The molecule has 24 heavy (non-hydrogen) atoms. The normalized spacial score (nSPS) is 18.1. The molecular formula is C20H24N2O2. The third-order valence-electron chi connectivity index (χ3n) is 5.22. The van der Waals surface area contributed by atoms with E-state index in [2.05, 4.69) is 22.4 Å². The van der Waals surface area contributed by atoms with Crippen LogP contribution in [0.1, 0.15) is 42.9 Å². The maximum Gasteiger partial charge on any atom is 0.124 e. The molecule has 1 heterocycles. The number of pyridine rings is 1. The molecule has 1 aromatic carbocycles. The van der Waals surface area contributed by atoms with E-state index >= 15 is 0 Å². The van der Waals surface area contributed by atoms with E-state index in [1.54, 1.807) is 14.2 Å². The number of nitrogens with zero attached hydrogens (tertiary/aromatic N) is 1. The third-order valence-corrected chi connectivity index (χ3v) is 5.22. The summed E-state index contributed by atoms with van der Waals surface area (Å²) in [5, 5.41) is 3.58. The Morgan fingerprint density at radius 3 is 2.38 bits per heavy atom. The minimum atomic E-state index is 0.253. The standard InChI is InChI=1S/C20H24N2O2/c1-23-17-10-16(11-18(12-17)24-2)22-13-20(6-7-20)15-5-8-21-19(9-15)14-3-4-14/h5,8-12,14,22H,3-4,6-7,13H2,1-2H3. The molecule has 0 amide bonds. The predicted molar refractivity (Wildman–Crippen MR) is 95.2 cm³/mol. The van der Waals surface area contributed by atoms with Crippen LogP contribution >= 0.6 is 0 Å². The Bertz CT molecular complexity index is 714. The molecule has 4 heteroatoms. The lowest BCUT2D eigenvalue weighted by molar-refractivity contribution is 0.394. The summed E-state index contributed by atoms with van der Waals surface area (Å²) in [7, 11) is 3.36. The van der Waals surface area contributed by atoms with Crippen LogP contribution in [0.3, 0.4) is 0 Å². The highest BCUT2D eigenvalue weighted by Crippen LogP contribution is 2.49. The first-order valence-corrected chi connectivity index (χ1v) is 8.66. The van der Waals surface area contributed by atoms with Crippen molar-refractivity contribution in [2.45, 2.75) is 37.0 Å².